The van der Waals surface area contributed by atoms with Crippen LogP contribution in [0.4, 0.5) is 4.39 Å². The molecule has 1 heterocycles. The van der Waals surface area contributed by atoms with E-state index in [-0.39, 0.29) is 11.4 Å². The molecule has 0 aliphatic rings. The Kier molecular flexibility index (Phi) is 3.55. The van der Waals surface area contributed by atoms with Crippen molar-refractivity contribution in [2.24, 2.45) is 0 Å². The van der Waals surface area contributed by atoms with Crippen molar-refractivity contribution in [1.29, 1.82) is 0 Å². The summed E-state index contributed by atoms with van der Waals surface area (Å²) in [6, 6.07) is 4.70. The summed E-state index contributed by atoms with van der Waals surface area (Å²) in [5.74, 6) is -0.311. The van der Waals surface area contributed by atoms with Gasteiger partial charge in [0, 0.05) is 11.1 Å². The molecule has 0 aliphatic carbocycles. The van der Waals surface area contributed by atoms with Crippen LogP contribution in [0.3, 0.4) is 0 Å². The fourth-order valence-electron chi connectivity index (χ4n) is 2.03. The molecule has 0 fully saturated rings. The first-order chi connectivity index (χ1) is 8.61. The number of nitrogens with zero attached hydrogens (tertiary/aromatic N) is 1. The summed E-state index contributed by atoms with van der Waals surface area (Å²) in [7, 11) is 0. The Morgan fingerprint density at radius 1 is 1.33 bits per heavy atom. The molecule has 0 saturated carbocycles. The van der Waals surface area contributed by atoms with Crippen molar-refractivity contribution in [3.05, 3.63) is 51.8 Å². The van der Waals surface area contributed by atoms with E-state index in [4.69, 9.17) is 0 Å². The lowest BCUT2D eigenvalue weighted by molar-refractivity contribution is 0.627. The van der Waals surface area contributed by atoms with Crippen molar-refractivity contribution in [2.75, 3.05) is 0 Å². The highest BCUT2D eigenvalue weighted by molar-refractivity contribution is 5.63. The van der Waals surface area contributed by atoms with Gasteiger partial charge >= 0.3 is 0 Å². The minimum atomic E-state index is -0.311. The van der Waals surface area contributed by atoms with Gasteiger partial charge in [0.1, 0.15) is 5.82 Å². The highest BCUT2D eigenvalue weighted by atomic mass is 19.1. The van der Waals surface area contributed by atoms with Crippen LogP contribution < -0.4 is 5.56 Å². The molecule has 0 spiro atoms. The molecule has 18 heavy (non-hydrogen) atoms. The number of halogens is 1. The number of nitrogens with one attached hydrogen (secondary N) is 1. The molecular weight excluding hydrogens is 231 g/mol. The third-order valence-electron chi connectivity index (χ3n) is 2.76. The molecule has 1 aromatic carbocycles. The van der Waals surface area contributed by atoms with Gasteiger partial charge in [0.15, 0.2) is 0 Å². The molecule has 0 atom stereocenters. The Balaban J connectivity index is 2.63. The minimum absolute atomic E-state index is 0.149. The minimum Gasteiger partial charge on any atom is -0.313 e. The van der Waals surface area contributed by atoms with Gasteiger partial charge in [-0.25, -0.2) is 9.37 Å². The van der Waals surface area contributed by atoms with Crippen molar-refractivity contribution < 1.29 is 4.39 Å². The van der Waals surface area contributed by atoms with Gasteiger partial charge in [0.25, 0.3) is 5.56 Å². The molecule has 2 aromatic rings. The third-order valence-corrected chi connectivity index (χ3v) is 2.76. The second-order valence-corrected chi connectivity index (χ2v) is 4.33. The van der Waals surface area contributed by atoms with E-state index in [2.05, 4.69) is 9.97 Å². The second-order valence-electron chi connectivity index (χ2n) is 4.33. The fourth-order valence-corrected chi connectivity index (χ4v) is 2.03. The molecule has 2 rings (SSSR count). The molecule has 0 unspecified atom stereocenters. The normalized spacial score (nSPS) is 10.6. The molecule has 0 aliphatic heterocycles. The van der Waals surface area contributed by atoms with E-state index in [0.717, 1.165) is 12.0 Å². The van der Waals surface area contributed by atoms with Gasteiger partial charge in [-0.2, -0.15) is 0 Å². The summed E-state index contributed by atoms with van der Waals surface area (Å²) in [4.78, 5) is 18.5. The maximum atomic E-state index is 13.4. The van der Waals surface area contributed by atoms with Crippen molar-refractivity contribution >= 4 is 0 Å². The summed E-state index contributed by atoms with van der Waals surface area (Å²) in [6.45, 7) is 3.81. The average Bonchev–Trinajstić information content (AvgIpc) is 2.30. The van der Waals surface area contributed by atoms with Gasteiger partial charge in [0.2, 0.25) is 0 Å². The zero-order chi connectivity index (χ0) is 13.1. The van der Waals surface area contributed by atoms with Crippen LogP contribution in [0.2, 0.25) is 0 Å². The summed E-state index contributed by atoms with van der Waals surface area (Å²) >= 11 is 0. The largest absolute Gasteiger partial charge is 0.313 e. The number of hydrogen-bond donors (Lipinski definition) is 1. The SMILES string of the molecule is CCCc1c(-c2cc(C)cc(F)c2)nc[nH]c1=O. The van der Waals surface area contributed by atoms with Crippen molar-refractivity contribution in [3.63, 3.8) is 0 Å². The zero-order valence-electron chi connectivity index (χ0n) is 10.5. The molecule has 94 valence electrons. The Bertz CT molecular complexity index is 599. The van der Waals surface area contributed by atoms with Gasteiger partial charge in [-0.05, 0) is 37.1 Å². The molecule has 0 saturated heterocycles. The van der Waals surface area contributed by atoms with Gasteiger partial charge in [-0.1, -0.05) is 13.3 Å². The predicted octanol–water partition coefficient (Wildman–Crippen LogP) is 2.84. The van der Waals surface area contributed by atoms with E-state index in [1.54, 1.807) is 0 Å². The van der Waals surface area contributed by atoms with Crippen LogP contribution in [-0.4, -0.2) is 9.97 Å². The summed E-state index contributed by atoms with van der Waals surface area (Å²) in [6.07, 6.45) is 2.83. The second kappa shape index (κ2) is 5.12. The number of H-pyrrole nitrogens is 1. The molecular formula is C14H15FN2O. The Labute approximate surface area is 105 Å². The molecule has 4 heteroatoms. The number of aryl methyl sites for hydroxylation is 1. The summed E-state index contributed by atoms with van der Waals surface area (Å²) < 4.78 is 13.4. The fraction of sp³-hybridized carbons (Fsp3) is 0.286. The number of aromatic nitrogens is 2. The first-order valence-electron chi connectivity index (χ1n) is 5.96. The third kappa shape index (κ3) is 2.47. The lowest BCUT2D eigenvalue weighted by Gasteiger charge is -2.07. The highest BCUT2D eigenvalue weighted by Crippen LogP contribution is 2.22. The van der Waals surface area contributed by atoms with Crippen LogP contribution in [0.1, 0.15) is 24.5 Å². The smallest absolute Gasteiger partial charge is 0.254 e. The van der Waals surface area contributed by atoms with Crippen LogP contribution in [0.5, 0.6) is 0 Å². The maximum absolute atomic E-state index is 13.4. The molecule has 1 aromatic heterocycles. The monoisotopic (exact) mass is 246 g/mol. The lowest BCUT2D eigenvalue weighted by Crippen LogP contribution is -2.14. The standard InChI is InChI=1S/C14H15FN2O/c1-3-4-12-13(16-8-17-14(12)18)10-5-9(2)6-11(15)7-10/h5-8H,3-4H2,1-2H3,(H,16,17,18). The molecule has 0 amide bonds. The van der Waals surface area contributed by atoms with Crippen LogP contribution in [0.15, 0.2) is 29.3 Å². The Morgan fingerprint density at radius 2 is 2.11 bits per heavy atom. The van der Waals surface area contributed by atoms with Gasteiger partial charge in [0.05, 0.1) is 12.0 Å². The van der Waals surface area contributed by atoms with Crippen LogP contribution in [-0.2, 0) is 6.42 Å². The maximum Gasteiger partial charge on any atom is 0.254 e. The number of rotatable bonds is 3. The topological polar surface area (TPSA) is 45.8 Å². The first kappa shape index (κ1) is 12.5. The number of hydrogen-bond acceptors (Lipinski definition) is 2. The quantitative estimate of drug-likeness (QED) is 0.905. The predicted molar refractivity (Wildman–Crippen MR) is 69.0 cm³/mol. The van der Waals surface area contributed by atoms with E-state index in [9.17, 15) is 9.18 Å². The summed E-state index contributed by atoms with van der Waals surface area (Å²) in [5, 5.41) is 0. The first-order valence-corrected chi connectivity index (χ1v) is 5.96. The molecule has 1 N–H and O–H groups in total. The van der Waals surface area contributed by atoms with Crippen molar-refractivity contribution in [2.45, 2.75) is 26.7 Å². The van der Waals surface area contributed by atoms with E-state index in [0.29, 0.717) is 23.2 Å². The Morgan fingerprint density at radius 3 is 2.78 bits per heavy atom. The highest BCUT2D eigenvalue weighted by Gasteiger charge is 2.11. The summed E-state index contributed by atoms with van der Waals surface area (Å²) in [5.41, 5.74) is 2.51. The van der Waals surface area contributed by atoms with E-state index >= 15 is 0 Å². The van der Waals surface area contributed by atoms with Crippen LogP contribution in [0, 0.1) is 12.7 Å². The Hall–Kier alpha value is -1.97. The number of aromatic amines is 1. The molecule has 3 nitrogen and oxygen atoms in total. The lowest BCUT2D eigenvalue weighted by atomic mass is 10.0. The molecule has 0 radical (unpaired) electrons. The van der Waals surface area contributed by atoms with Gasteiger partial charge in [-0.15, -0.1) is 0 Å². The number of benzene rings is 1. The van der Waals surface area contributed by atoms with Gasteiger partial charge in [-0.3, -0.25) is 4.79 Å². The van der Waals surface area contributed by atoms with E-state index in [1.807, 2.05) is 19.9 Å². The van der Waals surface area contributed by atoms with Crippen LogP contribution in [0.25, 0.3) is 11.3 Å². The van der Waals surface area contributed by atoms with Crippen molar-refractivity contribution in [3.8, 4) is 11.3 Å². The van der Waals surface area contributed by atoms with Gasteiger partial charge < -0.3 is 4.98 Å². The zero-order valence-corrected chi connectivity index (χ0v) is 10.5. The molecule has 0 bridgehead atoms. The van der Waals surface area contributed by atoms with E-state index < -0.39 is 0 Å². The van der Waals surface area contributed by atoms with E-state index in [1.165, 1.54) is 18.5 Å². The average molecular weight is 246 g/mol. The van der Waals surface area contributed by atoms with Crippen LogP contribution >= 0.6 is 0 Å². The van der Waals surface area contributed by atoms with Crippen molar-refractivity contribution in [1.82, 2.24) is 9.97 Å².